The van der Waals surface area contributed by atoms with Gasteiger partial charge >= 0.3 is 0 Å². The molecule has 2 rings (SSSR count). The van der Waals surface area contributed by atoms with E-state index in [1.54, 1.807) is 13.8 Å². The van der Waals surface area contributed by atoms with Gasteiger partial charge in [0.1, 0.15) is 12.2 Å². The first kappa shape index (κ1) is 9.82. The molecular formula is C9H12N4O2. The monoisotopic (exact) mass is 208 g/mol. The summed E-state index contributed by atoms with van der Waals surface area (Å²) < 4.78 is 0. The van der Waals surface area contributed by atoms with Gasteiger partial charge in [-0.15, -0.1) is 0 Å². The smallest absolute Gasteiger partial charge is 0.235 e. The Bertz CT molecular complexity index is 396. The Kier molecular flexibility index (Phi) is 2.06. The third kappa shape index (κ3) is 1.62. The number of nitrogens with one attached hydrogen (secondary N) is 1. The summed E-state index contributed by atoms with van der Waals surface area (Å²) >= 11 is 0. The van der Waals surface area contributed by atoms with Crippen molar-refractivity contribution >= 4 is 11.8 Å². The van der Waals surface area contributed by atoms with E-state index in [4.69, 9.17) is 0 Å². The first-order valence-corrected chi connectivity index (χ1v) is 4.70. The molecule has 0 atom stereocenters. The lowest BCUT2D eigenvalue weighted by atomic mass is 9.92. The number of hydrogen-bond donors (Lipinski definition) is 1. The molecule has 0 aliphatic carbocycles. The van der Waals surface area contributed by atoms with E-state index in [1.165, 1.54) is 11.2 Å². The van der Waals surface area contributed by atoms with E-state index in [0.29, 0.717) is 5.82 Å². The van der Waals surface area contributed by atoms with Gasteiger partial charge in [0.15, 0.2) is 0 Å². The van der Waals surface area contributed by atoms with E-state index in [9.17, 15) is 9.59 Å². The number of H-pyrrole nitrogens is 1. The molecule has 6 nitrogen and oxygen atoms in total. The Morgan fingerprint density at radius 1 is 1.53 bits per heavy atom. The van der Waals surface area contributed by atoms with Crippen molar-refractivity contribution in [3.8, 4) is 0 Å². The maximum atomic E-state index is 11.8. The van der Waals surface area contributed by atoms with Crippen molar-refractivity contribution in [2.45, 2.75) is 26.8 Å². The van der Waals surface area contributed by atoms with E-state index in [-0.39, 0.29) is 24.8 Å². The summed E-state index contributed by atoms with van der Waals surface area (Å²) in [7, 11) is 0. The number of amides is 2. The van der Waals surface area contributed by atoms with Gasteiger partial charge in [-0.2, -0.15) is 5.10 Å². The van der Waals surface area contributed by atoms with E-state index < -0.39 is 5.41 Å². The summed E-state index contributed by atoms with van der Waals surface area (Å²) in [6.07, 6.45) is 1.62. The zero-order chi connectivity index (χ0) is 11.1. The van der Waals surface area contributed by atoms with E-state index in [1.807, 2.05) is 0 Å². The quantitative estimate of drug-likeness (QED) is 0.698. The van der Waals surface area contributed by atoms with Crippen molar-refractivity contribution in [1.82, 2.24) is 20.1 Å². The van der Waals surface area contributed by atoms with Crippen molar-refractivity contribution in [2.75, 3.05) is 0 Å². The minimum absolute atomic E-state index is 0.149. The molecule has 15 heavy (non-hydrogen) atoms. The van der Waals surface area contributed by atoms with Crippen molar-refractivity contribution in [3.63, 3.8) is 0 Å². The maximum Gasteiger partial charge on any atom is 0.235 e. The van der Waals surface area contributed by atoms with E-state index in [0.717, 1.165) is 0 Å². The summed E-state index contributed by atoms with van der Waals surface area (Å²) in [5, 5.41) is 6.29. The maximum absolute atomic E-state index is 11.8. The molecule has 1 N–H and O–H groups in total. The average molecular weight is 208 g/mol. The number of hydrogen-bond acceptors (Lipinski definition) is 4. The van der Waals surface area contributed by atoms with Crippen molar-refractivity contribution in [3.05, 3.63) is 12.2 Å². The zero-order valence-electron chi connectivity index (χ0n) is 8.65. The van der Waals surface area contributed by atoms with E-state index >= 15 is 0 Å². The Balaban J connectivity index is 2.17. The highest BCUT2D eigenvalue weighted by Gasteiger charge is 2.44. The summed E-state index contributed by atoms with van der Waals surface area (Å²) in [5.41, 5.74) is -0.586. The van der Waals surface area contributed by atoms with Crippen LogP contribution in [0.15, 0.2) is 6.33 Å². The molecule has 1 fully saturated rings. The van der Waals surface area contributed by atoms with Crippen LogP contribution in [0.4, 0.5) is 0 Å². The SMILES string of the molecule is CC1(C)CC(=O)N(Cc2ncn[nH]2)C1=O. The highest BCUT2D eigenvalue weighted by atomic mass is 16.2. The Hall–Kier alpha value is -1.72. The van der Waals surface area contributed by atoms with Gasteiger partial charge in [-0.05, 0) is 0 Å². The average Bonchev–Trinajstić information content (AvgIpc) is 2.69. The molecule has 2 heterocycles. The molecule has 80 valence electrons. The topological polar surface area (TPSA) is 79.0 Å². The second kappa shape index (κ2) is 3.15. The van der Waals surface area contributed by atoms with Crippen molar-refractivity contribution in [2.24, 2.45) is 5.41 Å². The third-order valence-electron chi connectivity index (χ3n) is 2.49. The number of nitrogens with zero attached hydrogens (tertiary/aromatic N) is 3. The van der Waals surface area contributed by atoms with Crippen LogP contribution in [0.3, 0.4) is 0 Å². The molecule has 0 aromatic carbocycles. The lowest BCUT2D eigenvalue weighted by Crippen LogP contribution is -2.32. The summed E-state index contributed by atoms with van der Waals surface area (Å²) in [6, 6.07) is 0. The highest BCUT2D eigenvalue weighted by molar-refractivity contribution is 6.05. The van der Waals surface area contributed by atoms with Gasteiger partial charge in [0.25, 0.3) is 0 Å². The van der Waals surface area contributed by atoms with Crippen LogP contribution < -0.4 is 0 Å². The Labute approximate surface area is 86.7 Å². The van der Waals surface area contributed by atoms with Crippen LogP contribution >= 0.6 is 0 Å². The second-order valence-electron chi connectivity index (χ2n) is 4.28. The fraction of sp³-hybridized carbons (Fsp3) is 0.556. The predicted molar refractivity (Wildman–Crippen MR) is 50.3 cm³/mol. The van der Waals surface area contributed by atoms with Crippen molar-refractivity contribution in [1.29, 1.82) is 0 Å². The van der Waals surface area contributed by atoms with Crippen molar-refractivity contribution < 1.29 is 9.59 Å². The number of aromatic nitrogens is 3. The van der Waals surface area contributed by atoms with Gasteiger partial charge in [-0.3, -0.25) is 19.6 Å². The molecular weight excluding hydrogens is 196 g/mol. The normalized spacial score (nSPS) is 20.0. The van der Waals surface area contributed by atoms with Crippen LogP contribution in [-0.4, -0.2) is 31.9 Å². The Morgan fingerprint density at radius 3 is 2.73 bits per heavy atom. The van der Waals surface area contributed by atoms with Gasteiger partial charge in [-0.1, -0.05) is 13.8 Å². The van der Waals surface area contributed by atoms with Gasteiger partial charge in [0.05, 0.1) is 12.0 Å². The standard InChI is InChI=1S/C9H12N4O2/c1-9(2)3-7(14)13(8(9)15)4-6-10-5-11-12-6/h5H,3-4H2,1-2H3,(H,10,11,12). The number of imide groups is 1. The molecule has 1 saturated heterocycles. The molecule has 1 aliphatic heterocycles. The third-order valence-corrected chi connectivity index (χ3v) is 2.49. The molecule has 1 aromatic rings. The molecule has 0 saturated carbocycles. The minimum atomic E-state index is -0.586. The van der Waals surface area contributed by atoms with Gasteiger partial charge in [-0.25, -0.2) is 4.98 Å². The zero-order valence-corrected chi connectivity index (χ0v) is 8.65. The van der Waals surface area contributed by atoms with Gasteiger partial charge in [0, 0.05) is 6.42 Å². The van der Waals surface area contributed by atoms with Gasteiger partial charge < -0.3 is 0 Å². The van der Waals surface area contributed by atoms with Crippen LogP contribution in [0.1, 0.15) is 26.1 Å². The van der Waals surface area contributed by atoms with Crippen LogP contribution in [0, 0.1) is 5.41 Å². The molecule has 0 radical (unpaired) electrons. The number of carbonyl (C=O) groups is 2. The minimum Gasteiger partial charge on any atom is -0.274 e. The Morgan fingerprint density at radius 2 is 2.27 bits per heavy atom. The summed E-state index contributed by atoms with van der Waals surface area (Å²) in [4.78, 5) is 28.5. The molecule has 6 heteroatoms. The van der Waals surface area contributed by atoms with Crippen LogP contribution in [0.2, 0.25) is 0 Å². The second-order valence-corrected chi connectivity index (χ2v) is 4.28. The molecule has 1 aliphatic rings. The number of likely N-dealkylation sites (tertiary alicyclic amines) is 1. The lowest BCUT2D eigenvalue weighted by molar-refractivity contribution is -0.141. The van der Waals surface area contributed by atoms with Gasteiger partial charge in [0.2, 0.25) is 11.8 Å². The lowest BCUT2D eigenvalue weighted by Gasteiger charge is -2.16. The number of rotatable bonds is 2. The largest absolute Gasteiger partial charge is 0.274 e. The fourth-order valence-corrected chi connectivity index (χ4v) is 1.64. The van der Waals surface area contributed by atoms with Crippen LogP contribution in [0.5, 0.6) is 0 Å². The molecule has 0 bridgehead atoms. The summed E-state index contributed by atoms with van der Waals surface area (Å²) in [6.45, 7) is 3.72. The summed E-state index contributed by atoms with van der Waals surface area (Å²) in [5.74, 6) is 0.222. The number of carbonyl (C=O) groups excluding carboxylic acids is 2. The fourth-order valence-electron chi connectivity index (χ4n) is 1.64. The molecule has 1 aromatic heterocycles. The molecule has 0 spiro atoms. The van der Waals surface area contributed by atoms with Crippen LogP contribution in [0.25, 0.3) is 0 Å². The highest BCUT2D eigenvalue weighted by Crippen LogP contribution is 2.32. The number of aromatic amines is 1. The molecule has 0 unspecified atom stereocenters. The first-order chi connectivity index (χ1) is 7.00. The predicted octanol–water partition coefficient (Wildman–Crippen LogP) is 0.0898. The van der Waals surface area contributed by atoms with Crippen LogP contribution in [-0.2, 0) is 16.1 Å². The first-order valence-electron chi connectivity index (χ1n) is 4.70. The van der Waals surface area contributed by atoms with E-state index in [2.05, 4.69) is 15.2 Å². The molecule has 2 amide bonds.